The Balaban J connectivity index is 2.92. The fourth-order valence-corrected chi connectivity index (χ4v) is 1.44. The van der Waals surface area contributed by atoms with Crippen LogP contribution < -0.4 is 4.74 Å². The van der Waals surface area contributed by atoms with E-state index >= 15 is 0 Å². The minimum absolute atomic E-state index is 0.0489. The van der Waals surface area contributed by atoms with E-state index in [1.54, 1.807) is 38.1 Å². The molecule has 0 unspecified atom stereocenters. The van der Waals surface area contributed by atoms with Gasteiger partial charge < -0.3 is 14.6 Å². The summed E-state index contributed by atoms with van der Waals surface area (Å²) in [6.45, 7) is 7.62. The van der Waals surface area contributed by atoms with Gasteiger partial charge in [-0.15, -0.1) is 0 Å². The lowest BCUT2D eigenvalue weighted by molar-refractivity contribution is -0.138. The number of rotatable bonds is 6. The number of hydrogen-bond donors (Lipinski definition) is 1. The standard InChI is InChI=1S/C15H18O4/c1-4-8-19-14-10-12(6-7-13(14)16)9-11(3)15(17)18-5-2/h4,6-7,9-10,16H,1,5,8H2,2-3H3/b11-9+. The van der Waals surface area contributed by atoms with E-state index in [2.05, 4.69) is 6.58 Å². The molecule has 4 heteroatoms. The fourth-order valence-electron chi connectivity index (χ4n) is 1.44. The summed E-state index contributed by atoms with van der Waals surface area (Å²) in [4.78, 5) is 11.5. The minimum atomic E-state index is -0.357. The van der Waals surface area contributed by atoms with Gasteiger partial charge in [-0.05, 0) is 37.6 Å². The van der Waals surface area contributed by atoms with E-state index in [0.717, 1.165) is 5.56 Å². The zero-order valence-corrected chi connectivity index (χ0v) is 11.2. The molecule has 0 aliphatic heterocycles. The molecule has 0 saturated carbocycles. The van der Waals surface area contributed by atoms with Crippen molar-refractivity contribution in [2.45, 2.75) is 13.8 Å². The molecule has 0 aromatic heterocycles. The summed E-state index contributed by atoms with van der Waals surface area (Å²) in [6.07, 6.45) is 3.27. The molecule has 0 bridgehead atoms. The lowest BCUT2D eigenvalue weighted by Gasteiger charge is -2.07. The molecule has 0 fully saturated rings. The molecule has 4 nitrogen and oxygen atoms in total. The first-order valence-electron chi connectivity index (χ1n) is 6.00. The van der Waals surface area contributed by atoms with Crippen LogP contribution in [0.3, 0.4) is 0 Å². The average molecular weight is 262 g/mol. The van der Waals surface area contributed by atoms with Gasteiger partial charge in [-0.25, -0.2) is 4.79 Å². The van der Waals surface area contributed by atoms with Crippen LogP contribution in [0.1, 0.15) is 19.4 Å². The van der Waals surface area contributed by atoms with Crippen LogP contribution in [0.4, 0.5) is 0 Å². The predicted molar refractivity (Wildman–Crippen MR) is 74.1 cm³/mol. The number of aromatic hydroxyl groups is 1. The topological polar surface area (TPSA) is 55.8 Å². The first-order valence-corrected chi connectivity index (χ1v) is 6.00. The second-order valence-corrected chi connectivity index (χ2v) is 3.87. The molecule has 1 aromatic carbocycles. The van der Waals surface area contributed by atoms with Gasteiger partial charge in [-0.3, -0.25) is 0 Å². The molecule has 1 N–H and O–H groups in total. The molecular formula is C15H18O4. The van der Waals surface area contributed by atoms with Crippen molar-refractivity contribution in [2.75, 3.05) is 13.2 Å². The van der Waals surface area contributed by atoms with Gasteiger partial charge in [0.05, 0.1) is 6.61 Å². The van der Waals surface area contributed by atoms with E-state index < -0.39 is 0 Å². The molecular weight excluding hydrogens is 244 g/mol. The van der Waals surface area contributed by atoms with Crippen LogP contribution in [-0.4, -0.2) is 24.3 Å². The zero-order valence-electron chi connectivity index (χ0n) is 11.2. The Morgan fingerprint density at radius 1 is 1.47 bits per heavy atom. The highest BCUT2D eigenvalue weighted by atomic mass is 16.5. The van der Waals surface area contributed by atoms with Crippen LogP contribution in [0.5, 0.6) is 11.5 Å². The third-order valence-corrected chi connectivity index (χ3v) is 2.32. The second-order valence-electron chi connectivity index (χ2n) is 3.87. The van der Waals surface area contributed by atoms with Crippen molar-refractivity contribution in [3.63, 3.8) is 0 Å². The first kappa shape index (κ1) is 14.8. The van der Waals surface area contributed by atoms with Crippen molar-refractivity contribution in [1.82, 2.24) is 0 Å². The van der Waals surface area contributed by atoms with Gasteiger partial charge in [-0.2, -0.15) is 0 Å². The van der Waals surface area contributed by atoms with E-state index in [0.29, 0.717) is 24.5 Å². The summed E-state index contributed by atoms with van der Waals surface area (Å²) < 4.78 is 10.2. The lowest BCUT2D eigenvalue weighted by Crippen LogP contribution is -2.04. The molecule has 0 amide bonds. The summed E-state index contributed by atoms with van der Waals surface area (Å²) in [5.74, 6) is 0.0437. The van der Waals surface area contributed by atoms with E-state index in [4.69, 9.17) is 9.47 Å². The normalized spacial score (nSPS) is 10.9. The van der Waals surface area contributed by atoms with E-state index in [9.17, 15) is 9.90 Å². The third kappa shape index (κ3) is 4.50. The molecule has 1 aromatic rings. The molecule has 19 heavy (non-hydrogen) atoms. The maximum atomic E-state index is 11.5. The summed E-state index contributed by atoms with van der Waals surface area (Å²) in [5, 5.41) is 9.62. The number of phenolic OH excluding ortho intramolecular Hbond substituents is 1. The Morgan fingerprint density at radius 3 is 2.84 bits per heavy atom. The van der Waals surface area contributed by atoms with Crippen LogP contribution in [0.15, 0.2) is 36.4 Å². The second kappa shape index (κ2) is 7.26. The number of carbonyl (C=O) groups excluding carboxylic acids is 1. The Labute approximate surface area is 113 Å². The lowest BCUT2D eigenvalue weighted by atomic mass is 10.1. The number of carbonyl (C=O) groups is 1. The highest BCUT2D eigenvalue weighted by molar-refractivity contribution is 5.93. The summed E-state index contributed by atoms with van der Waals surface area (Å²) in [5.41, 5.74) is 1.24. The molecule has 0 saturated heterocycles. The summed E-state index contributed by atoms with van der Waals surface area (Å²) >= 11 is 0. The van der Waals surface area contributed by atoms with Crippen molar-refractivity contribution in [3.8, 4) is 11.5 Å². The SMILES string of the molecule is C=CCOc1cc(/C=C(\C)C(=O)OCC)ccc1O. The van der Waals surface area contributed by atoms with Crippen molar-refractivity contribution >= 4 is 12.0 Å². The van der Waals surface area contributed by atoms with Crippen LogP contribution in [0.25, 0.3) is 6.08 Å². The fraction of sp³-hybridized carbons (Fsp3) is 0.267. The van der Waals surface area contributed by atoms with Gasteiger partial charge >= 0.3 is 5.97 Å². The Hall–Kier alpha value is -2.23. The van der Waals surface area contributed by atoms with Gasteiger partial charge in [0, 0.05) is 5.57 Å². The van der Waals surface area contributed by atoms with E-state index in [-0.39, 0.29) is 11.7 Å². The zero-order chi connectivity index (χ0) is 14.3. The molecule has 0 heterocycles. The number of benzene rings is 1. The van der Waals surface area contributed by atoms with E-state index in [1.807, 2.05) is 0 Å². The van der Waals surface area contributed by atoms with Crippen molar-refractivity contribution in [2.24, 2.45) is 0 Å². The predicted octanol–water partition coefficient (Wildman–Crippen LogP) is 2.92. The minimum Gasteiger partial charge on any atom is -0.504 e. The number of phenols is 1. The third-order valence-electron chi connectivity index (χ3n) is 2.32. The first-order chi connectivity index (χ1) is 9.08. The maximum absolute atomic E-state index is 11.5. The maximum Gasteiger partial charge on any atom is 0.333 e. The Kier molecular flexibility index (Phi) is 5.67. The van der Waals surface area contributed by atoms with Crippen LogP contribution in [0.2, 0.25) is 0 Å². The van der Waals surface area contributed by atoms with Gasteiger partial charge in [0.15, 0.2) is 11.5 Å². The molecule has 0 spiro atoms. The quantitative estimate of drug-likeness (QED) is 0.486. The smallest absolute Gasteiger partial charge is 0.333 e. The Morgan fingerprint density at radius 2 is 2.21 bits per heavy atom. The summed E-state index contributed by atoms with van der Waals surface area (Å²) in [6, 6.07) is 4.86. The van der Waals surface area contributed by atoms with Gasteiger partial charge in [0.1, 0.15) is 6.61 Å². The van der Waals surface area contributed by atoms with Gasteiger partial charge in [0.2, 0.25) is 0 Å². The van der Waals surface area contributed by atoms with Crippen LogP contribution in [-0.2, 0) is 9.53 Å². The largest absolute Gasteiger partial charge is 0.504 e. The van der Waals surface area contributed by atoms with E-state index in [1.165, 1.54) is 6.07 Å². The van der Waals surface area contributed by atoms with Crippen LogP contribution in [0, 0.1) is 0 Å². The summed E-state index contributed by atoms with van der Waals surface area (Å²) in [7, 11) is 0. The highest BCUT2D eigenvalue weighted by Crippen LogP contribution is 2.27. The van der Waals surface area contributed by atoms with Crippen molar-refractivity contribution in [1.29, 1.82) is 0 Å². The molecule has 0 atom stereocenters. The van der Waals surface area contributed by atoms with Gasteiger partial charge in [-0.1, -0.05) is 18.7 Å². The van der Waals surface area contributed by atoms with Gasteiger partial charge in [0.25, 0.3) is 0 Å². The number of esters is 1. The highest BCUT2D eigenvalue weighted by Gasteiger charge is 2.06. The molecule has 0 radical (unpaired) electrons. The monoisotopic (exact) mass is 262 g/mol. The van der Waals surface area contributed by atoms with Crippen molar-refractivity contribution < 1.29 is 19.4 Å². The van der Waals surface area contributed by atoms with Crippen LogP contribution >= 0.6 is 0 Å². The average Bonchev–Trinajstić information content (AvgIpc) is 2.39. The Bertz CT molecular complexity index is 489. The number of hydrogen-bond acceptors (Lipinski definition) is 4. The number of ether oxygens (including phenoxy) is 2. The molecule has 0 aliphatic carbocycles. The molecule has 0 aliphatic rings. The molecule has 1 rings (SSSR count). The molecule has 102 valence electrons. The van der Waals surface area contributed by atoms with Crippen molar-refractivity contribution in [3.05, 3.63) is 42.0 Å².